The largest absolute Gasteiger partial charge is 0.325 e. The summed E-state index contributed by atoms with van der Waals surface area (Å²) in [6.45, 7) is 4.06. The molecule has 1 aromatic heterocycles. The molecule has 0 saturated carbocycles. The first-order chi connectivity index (χ1) is 14.6. The number of nitrogens with one attached hydrogen (secondary N) is 1. The molecule has 0 radical (unpaired) electrons. The van der Waals surface area contributed by atoms with Gasteiger partial charge in [0, 0.05) is 17.5 Å². The fourth-order valence-corrected chi connectivity index (χ4v) is 4.11. The minimum atomic E-state index is -0.0407. The van der Waals surface area contributed by atoms with Crippen molar-refractivity contribution in [3.05, 3.63) is 95.3 Å². The van der Waals surface area contributed by atoms with Gasteiger partial charge < -0.3 is 5.32 Å². The Bertz CT molecular complexity index is 1190. The fourth-order valence-electron chi connectivity index (χ4n) is 3.27. The third-order valence-corrected chi connectivity index (χ3v) is 6.03. The number of thioether (sulfide) groups is 1. The second-order valence-corrected chi connectivity index (χ2v) is 8.17. The van der Waals surface area contributed by atoms with Gasteiger partial charge in [-0.1, -0.05) is 72.4 Å². The van der Waals surface area contributed by atoms with Gasteiger partial charge in [0.2, 0.25) is 5.91 Å². The molecule has 0 fully saturated rings. The van der Waals surface area contributed by atoms with Crippen molar-refractivity contribution >= 4 is 34.3 Å². The molecule has 0 aliphatic rings. The lowest BCUT2D eigenvalue weighted by Gasteiger charge is -2.11. The van der Waals surface area contributed by atoms with Crippen LogP contribution in [0, 0.1) is 13.8 Å². The summed E-state index contributed by atoms with van der Waals surface area (Å²) in [4.78, 5) is 22.1. The Morgan fingerprint density at radius 3 is 2.50 bits per heavy atom. The molecule has 0 aliphatic carbocycles. The van der Waals surface area contributed by atoms with Crippen LogP contribution in [0.4, 0.5) is 5.69 Å². The highest BCUT2D eigenvalue weighted by Gasteiger charge is 2.12. The van der Waals surface area contributed by atoms with Gasteiger partial charge in [-0.2, -0.15) is 0 Å². The van der Waals surface area contributed by atoms with Crippen molar-refractivity contribution in [2.45, 2.75) is 25.3 Å². The van der Waals surface area contributed by atoms with E-state index in [2.05, 4.69) is 17.4 Å². The van der Waals surface area contributed by atoms with Crippen molar-refractivity contribution in [2.75, 3.05) is 11.1 Å². The van der Waals surface area contributed by atoms with Gasteiger partial charge in [0.25, 0.3) is 0 Å². The maximum Gasteiger partial charge on any atom is 0.234 e. The minimum Gasteiger partial charge on any atom is -0.325 e. The number of hydrogen-bond acceptors (Lipinski definition) is 4. The molecule has 4 aromatic rings. The number of aryl methyl sites for hydroxylation is 1. The number of para-hydroxylation sites is 1. The molecule has 3 aromatic carbocycles. The van der Waals surface area contributed by atoms with Crippen LogP contribution in [0.15, 0.2) is 77.8 Å². The second-order valence-electron chi connectivity index (χ2n) is 7.21. The van der Waals surface area contributed by atoms with E-state index in [0.29, 0.717) is 12.2 Å². The summed E-state index contributed by atoms with van der Waals surface area (Å²) in [6.07, 6.45) is 0.661. The van der Waals surface area contributed by atoms with Gasteiger partial charge in [-0.05, 0) is 42.7 Å². The van der Waals surface area contributed by atoms with E-state index in [1.165, 1.54) is 11.8 Å². The Morgan fingerprint density at radius 2 is 1.67 bits per heavy atom. The lowest BCUT2D eigenvalue weighted by Crippen LogP contribution is -2.15. The van der Waals surface area contributed by atoms with Crippen molar-refractivity contribution < 1.29 is 4.79 Å². The summed E-state index contributed by atoms with van der Waals surface area (Å²) in [5, 5.41) is 4.83. The van der Waals surface area contributed by atoms with Crippen LogP contribution in [0.5, 0.6) is 0 Å². The summed E-state index contributed by atoms with van der Waals surface area (Å²) in [5.74, 6) is 1.01. The summed E-state index contributed by atoms with van der Waals surface area (Å²) >= 11 is 1.45. The monoisotopic (exact) mass is 413 g/mol. The molecule has 1 N–H and O–H groups in total. The topological polar surface area (TPSA) is 54.9 Å². The van der Waals surface area contributed by atoms with Gasteiger partial charge in [0.1, 0.15) is 10.9 Å². The molecule has 0 atom stereocenters. The Kier molecular flexibility index (Phi) is 6.10. The molecular weight excluding hydrogens is 390 g/mol. The van der Waals surface area contributed by atoms with Gasteiger partial charge in [0.05, 0.1) is 11.3 Å². The fraction of sp³-hybridized carbons (Fsp3) is 0.160. The van der Waals surface area contributed by atoms with Crippen LogP contribution in [-0.2, 0) is 11.2 Å². The first-order valence-electron chi connectivity index (χ1n) is 9.88. The van der Waals surface area contributed by atoms with E-state index < -0.39 is 0 Å². The van der Waals surface area contributed by atoms with E-state index in [0.717, 1.165) is 44.1 Å². The highest BCUT2D eigenvalue weighted by Crippen LogP contribution is 2.26. The van der Waals surface area contributed by atoms with Crippen LogP contribution < -0.4 is 5.32 Å². The predicted octanol–water partition coefficient (Wildman–Crippen LogP) is 5.57. The smallest absolute Gasteiger partial charge is 0.234 e. The van der Waals surface area contributed by atoms with Crippen molar-refractivity contribution in [3.63, 3.8) is 0 Å². The number of amides is 1. The van der Waals surface area contributed by atoms with Crippen LogP contribution in [0.3, 0.4) is 0 Å². The minimum absolute atomic E-state index is 0.0407. The van der Waals surface area contributed by atoms with Crippen LogP contribution in [0.1, 0.15) is 22.5 Å². The average molecular weight is 414 g/mol. The molecule has 1 heterocycles. The van der Waals surface area contributed by atoms with Crippen LogP contribution >= 0.6 is 11.8 Å². The zero-order valence-corrected chi connectivity index (χ0v) is 17.9. The van der Waals surface area contributed by atoms with E-state index in [-0.39, 0.29) is 5.91 Å². The Balaban J connectivity index is 1.54. The first kappa shape index (κ1) is 20.1. The SMILES string of the molecule is Cc1cccc(NC(=O)CSc2nc(Cc3ccccc3)nc3ccccc23)c1C. The van der Waals surface area contributed by atoms with Gasteiger partial charge in [-0.15, -0.1) is 0 Å². The van der Waals surface area contributed by atoms with Gasteiger partial charge >= 0.3 is 0 Å². The predicted molar refractivity (Wildman–Crippen MR) is 124 cm³/mol. The van der Waals surface area contributed by atoms with Gasteiger partial charge in [0.15, 0.2) is 0 Å². The number of carbonyl (C=O) groups excluding carboxylic acids is 1. The molecule has 4 nitrogen and oxygen atoms in total. The molecule has 0 bridgehead atoms. The summed E-state index contributed by atoms with van der Waals surface area (Å²) in [6, 6.07) is 24.1. The zero-order chi connectivity index (χ0) is 20.9. The molecule has 30 heavy (non-hydrogen) atoms. The molecule has 150 valence electrons. The van der Waals surface area contributed by atoms with Crippen molar-refractivity contribution in [1.29, 1.82) is 0 Å². The molecule has 4 rings (SSSR count). The number of benzene rings is 3. The van der Waals surface area contributed by atoms with Crippen molar-refractivity contribution in [2.24, 2.45) is 0 Å². The first-order valence-corrected chi connectivity index (χ1v) is 10.9. The number of fused-ring (bicyclic) bond motifs is 1. The second kappa shape index (κ2) is 9.09. The average Bonchev–Trinajstić information content (AvgIpc) is 2.76. The highest BCUT2D eigenvalue weighted by molar-refractivity contribution is 8.00. The molecule has 5 heteroatoms. The maximum absolute atomic E-state index is 12.6. The maximum atomic E-state index is 12.6. The van der Waals surface area contributed by atoms with E-state index in [9.17, 15) is 4.79 Å². The van der Waals surface area contributed by atoms with E-state index in [1.807, 2.05) is 74.5 Å². The van der Waals surface area contributed by atoms with Crippen molar-refractivity contribution in [1.82, 2.24) is 9.97 Å². The zero-order valence-electron chi connectivity index (χ0n) is 17.1. The number of anilines is 1. The summed E-state index contributed by atoms with van der Waals surface area (Å²) < 4.78 is 0. The van der Waals surface area contributed by atoms with E-state index in [4.69, 9.17) is 9.97 Å². The van der Waals surface area contributed by atoms with Gasteiger partial charge in [-0.25, -0.2) is 9.97 Å². The number of aromatic nitrogens is 2. The summed E-state index contributed by atoms with van der Waals surface area (Å²) in [5.41, 5.74) is 5.17. The van der Waals surface area contributed by atoms with Crippen LogP contribution in [0.2, 0.25) is 0 Å². The van der Waals surface area contributed by atoms with Gasteiger partial charge in [-0.3, -0.25) is 4.79 Å². The number of hydrogen-bond donors (Lipinski definition) is 1. The normalized spacial score (nSPS) is 10.9. The number of carbonyl (C=O) groups is 1. The lowest BCUT2D eigenvalue weighted by atomic mass is 10.1. The standard InChI is InChI=1S/C25H23N3OS/c1-17-9-8-14-21(18(17)2)27-24(29)16-30-25-20-12-6-7-13-22(20)26-23(28-25)15-19-10-4-3-5-11-19/h3-14H,15-16H2,1-2H3,(H,27,29). The van der Waals surface area contributed by atoms with E-state index >= 15 is 0 Å². The Labute approximate surface area is 180 Å². The summed E-state index contributed by atoms with van der Waals surface area (Å²) in [7, 11) is 0. The Morgan fingerprint density at radius 1 is 0.900 bits per heavy atom. The molecule has 1 amide bonds. The molecule has 0 saturated heterocycles. The third-order valence-electron chi connectivity index (χ3n) is 5.04. The number of rotatable bonds is 6. The van der Waals surface area contributed by atoms with Crippen LogP contribution in [0.25, 0.3) is 10.9 Å². The lowest BCUT2D eigenvalue weighted by molar-refractivity contribution is -0.113. The van der Waals surface area contributed by atoms with Crippen LogP contribution in [-0.4, -0.2) is 21.6 Å². The number of nitrogens with zero attached hydrogens (tertiary/aromatic N) is 2. The molecule has 0 unspecified atom stereocenters. The highest BCUT2D eigenvalue weighted by atomic mass is 32.2. The third kappa shape index (κ3) is 4.69. The van der Waals surface area contributed by atoms with E-state index in [1.54, 1.807) is 0 Å². The molecule has 0 spiro atoms. The molecule has 0 aliphatic heterocycles. The Hall–Kier alpha value is -3.18. The molecular formula is C25H23N3OS. The van der Waals surface area contributed by atoms with Crippen molar-refractivity contribution in [3.8, 4) is 0 Å². The quantitative estimate of drug-likeness (QED) is 0.332.